The summed E-state index contributed by atoms with van der Waals surface area (Å²) >= 11 is 1.57. The zero-order valence-corrected chi connectivity index (χ0v) is 24.6. The van der Waals surface area contributed by atoms with Crippen molar-refractivity contribution in [1.82, 2.24) is 0 Å². The molecule has 8 heteroatoms. The molecule has 0 saturated heterocycles. The summed E-state index contributed by atoms with van der Waals surface area (Å²) < 4.78 is 21.4. The van der Waals surface area contributed by atoms with Gasteiger partial charge in [-0.3, -0.25) is 9.59 Å². The lowest BCUT2D eigenvalue weighted by Crippen LogP contribution is -2.35. The van der Waals surface area contributed by atoms with Crippen molar-refractivity contribution in [2.45, 2.75) is 65.9 Å². The number of thioether (sulfide) groups is 1. The molecule has 0 bridgehead atoms. The first-order valence-electron chi connectivity index (χ1n) is 13.4. The van der Waals surface area contributed by atoms with E-state index in [4.69, 9.17) is 18.9 Å². The Morgan fingerprint density at radius 2 is 1.51 bits per heavy atom. The van der Waals surface area contributed by atoms with Gasteiger partial charge < -0.3 is 18.9 Å². The van der Waals surface area contributed by atoms with Crippen molar-refractivity contribution in [2.75, 3.05) is 31.3 Å². The van der Waals surface area contributed by atoms with Crippen LogP contribution in [0.5, 0.6) is 5.75 Å². The molecular formula is C31H42O7S. The first-order chi connectivity index (χ1) is 18.6. The predicted molar refractivity (Wildman–Crippen MR) is 154 cm³/mol. The standard InChI is InChI=1S/C31H42O7S/c1-6-35-27(32)21-37-26-16-11-15-25(19-26)31(5,29(34)38-20-24-13-9-8-10-14-24)18-12-17-30(3,4)23-39-22-28(33)36-7-2/h8-11,13-16,19H,6-7,12,17-18,20-23H2,1-5H3. The van der Waals surface area contributed by atoms with Gasteiger partial charge in [0.05, 0.1) is 24.4 Å². The van der Waals surface area contributed by atoms with Crippen molar-refractivity contribution < 1.29 is 33.3 Å². The van der Waals surface area contributed by atoms with Crippen molar-refractivity contribution >= 4 is 29.7 Å². The van der Waals surface area contributed by atoms with Crippen LogP contribution in [0, 0.1) is 5.41 Å². The molecule has 0 saturated carbocycles. The number of benzene rings is 2. The zero-order chi connectivity index (χ0) is 28.7. The topological polar surface area (TPSA) is 88.1 Å². The average molecular weight is 559 g/mol. The minimum Gasteiger partial charge on any atom is -0.482 e. The summed E-state index contributed by atoms with van der Waals surface area (Å²) in [4.78, 5) is 37.0. The van der Waals surface area contributed by atoms with E-state index in [1.54, 1.807) is 37.7 Å². The molecular weight excluding hydrogens is 516 g/mol. The number of carbonyl (C=O) groups is 3. The molecule has 39 heavy (non-hydrogen) atoms. The van der Waals surface area contributed by atoms with Gasteiger partial charge in [-0.15, -0.1) is 11.8 Å². The maximum Gasteiger partial charge on any atom is 0.344 e. The van der Waals surface area contributed by atoms with Crippen molar-refractivity contribution in [3.8, 4) is 5.75 Å². The van der Waals surface area contributed by atoms with E-state index in [0.717, 1.165) is 29.7 Å². The highest BCUT2D eigenvalue weighted by atomic mass is 32.2. The van der Waals surface area contributed by atoms with Gasteiger partial charge in [0.1, 0.15) is 12.4 Å². The van der Waals surface area contributed by atoms with E-state index in [1.807, 2.05) is 49.4 Å². The van der Waals surface area contributed by atoms with Gasteiger partial charge in [0.25, 0.3) is 0 Å². The number of hydrogen-bond acceptors (Lipinski definition) is 8. The average Bonchev–Trinajstić information content (AvgIpc) is 2.91. The molecule has 1 unspecified atom stereocenters. The molecule has 0 amide bonds. The predicted octanol–water partition coefficient (Wildman–Crippen LogP) is 6.12. The third-order valence-electron chi connectivity index (χ3n) is 6.34. The monoisotopic (exact) mass is 558 g/mol. The van der Waals surface area contributed by atoms with Gasteiger partial charge in [-0.2, -0.15) is 0 Å². The molecule has 0 aliphatic heterocycles. The third-order valence-corrected chi connectivity index (χ3v) is 7.77. The molecule has 7 nitrogen and oxygen atoms in total. The maximum absolute atomic E-state index is 13.6. The Bertz CT molecular complexity index is 1050. The Kier molecular flexibility index (Phi) is 13.4. The molecule has 0 spiro atoms. The lowest BCUT2D eigenvalue weighted by molar-refractivity contribution is -0.152. The number of rotatable bonds is 17. The highest BCUT2D eigenvalue weighted by molar-refractivity contribution is 7.99. The van der Waals surface area contributed by atoms with E-state index in [0.29, 0.717) is 24.5 Å². The summed E-state index contributed by atoms with van der Waals surface area (Å²) in [7, 11) is 0. The summed E-state index contributed by atoms with van der Waals surface area (Å²) in [5, 5.41) is 0. The Labute approximate surface area is 236 Å². The Hall–Kier alpha value is -3.00. The van der Waals surface area contributed by atoms with Crippen LogP contribution in [0.4, 0.5) is 0 Å². The second kappa shape index (κ2) is 16.2. The fourth-order valence-corrected chi connectivity index (χ4v) is 5.18. The fourth-order valence-electron chi connectivity index (χ4n) is 4.13. The maximum atomic E-state index is 13.6. The number of hydrogen-bond donors (Lipinski definition) is 0. The Morgan fingerprint density at radius 3 is 2.21 bits per heavy atom. The minimum atomic E-state index is -0.924. The SMILES string of the molecule is CCOC(=O)COc1cccc(C(C)(CCCC(C)(C)CSCC(=O)OCC)C(=O)OCc2ccccc2)c1. The molecule has 0 aromatic heterocycles. The molecule has 2 rings (SSSR count). The first-order valence-corrected chi connectivity index (χ1v) is 14.6. The summed E-state index contributed by atoms with van der Waals surface area (Å²) in [6, 6.07) is 16.8. The van der Waals surface area contributed by atoms with E-state index < -0.39 is 11.4 Å². The molecule has 2 aromatic rings. The van der Waals surface area contributed by atoms with Crippen LogP contribution in [0.1, 0.15) is 65.0 Å². The molecule has 2 aromatic carbocycles. The molecule has 0 aliphatic rings. The molecule has 0 fully saturated rings. The van der Waals surface area contributed by atoms with Gasteiger partial charge in [-0.05, 0) is 68.0 Å². The van der Waals surface area contributed by atoms with E-state index in [2.05, 4.69) is 13.8 Å². The second-order valence-electron chi connectivity index (χ2n) is 10.3. The van der Waals surface area contributed by atoms with Gasteiger partial charge in [0, 0.05) is 0 Å². The van der Waals surface area contributed by atoms with Gasteiger partial charge in [-0.25, -0.2) is 4.79 Å². The third kappa shape index (κ3) is 11.3. The van der Waals surface area contributed by atoms with Crippen molar-refractivity contribution in [1.29, 1.82) is 0 Å². The summed E-state index contributed by atoms with van der Waals surface area (Å²) in [5.41, 5.74) is 0.721. The second-order valence-corrected chi connectivity index (χ2v) is 11.3. The normalized spacial score (nSPS) is 12.7. The van der Waals surface area contributed by atoms with Gasteiger partial charge >= 0.3 is 17.9 Å². The Balaban J connectivity index is 2.13. The smallest absolute Gasteiger partial charge is 0.344 e. The van der Waals surface area contributed by atoms with Gasteiger partial charge in [0.2, 0.25) is 0 Å². The number of carbonyl (C=O) groups excluding carboxylic acids is 3. The largest absolute Gasteiger partial charge is 0.482 e. The molecule has 214 valence electrons. The molecule has 1 atom stereocenters. The van der Waals surface area contributed by atoms with Crippen molar-refractivity contribution in [3.63, 3.8) is 0 Å². The Morgan fingerprint density at radius 1 is 0.821 bits per heavy atom. The van der Waals surface area contributed by atoms with E-state index >= 15 is 0 Å². The van der Waals surface area contributed by atoms with Gasteiger partial charge in [0.15, 0.2) is 6.61 Å². The highest BCUT2D eigenvalue weighted by Gasteiger charge is 2.37. The van der Waals surface area contributed by atoms with Crippen LogP contribution in [0.25, 0.3) is 0 Å². The van der Waals surface area contributed by atoms with Gasteiger partial charge in [-0.1, -0.05) is 62.7 Å². The van der Waals surface area contributed by atoms with E-state index in [9.17, 15) is 14.4 Å². The van der Waals surface area contributed by atoms with Crippen LogP contribution in [-0.2, 0) is 40.6 Å². The van der Waals surface area contributed by atoms with Crippen LogP contribution in [0.3, 0.4) is 0 Å². The van der Waals surface area contributed by atoms with Crippen LogP contribution >= 0.6 is 11.8 Å². The van der Waals surface area contributed by atoms with Crippen LogP contribution in [0.15, 0.2) is 54.6 Å². The first kappa shape index (κ1) is 32.2. The lowest BCUT2D eigenvalue weighted by Gasteiger charge is -2.31. The van der Waals surface area contributed by atoms with E-state index in [1.165, 1.54) is 0 Å². The quantitative estimate of drug-likeness (QED) is 0.169. The molecule has 0 N–H and O–H groups in total. The summed E-state index contributed by atoms with van der Waals surface area (Å²) in [6.45, 7) is 10.4. The van der Waals surface area contributed by atoms with Crippen LogP contribution in [-0.4, -0.2) is 49.2 Å². The number of ether oxygens (including phenoxy) is 4. The van der Waals surface area contributed by atoms with Crippen molar-refractivity contribution in [2.24, 2.45) is 5.41 Å². The summed E-state index contributed by atoms with van der Waals surface area (Å²) in [6.07, 6.45) is 2.20. The van der Waals surface area contributed by atoms with Crippen LogP contribution in [0.2, 0.25) is 0 Å². The van der Waals surface area contributed by atoms with E-state index in [-0.39, 0.29) is 37.2 Å². The number of esters is 3. The van der Waals surface area contributed by atoms with Crippen molar-refractivity contribution in [3.05, 3.63) is 65.7 Å². The minimum absolute atomic E-state index is 0.0311. The lowest BCUT2D eigenvalue weighted by atomic mass is 9.76. The van der Waals surface area contributed by atoms with Crippen LogP contribution < -0.4 is 4.74 Å². The fraction of sp³-hybridized carbons (Fsp3) is 0.516. The molecule has 0 heterocycles. The highest BCUT2D eigenvalue weighted by Crippen LogP contribution is 2.36. The molecule has 0 aliphatic carbocycles. The summed E-state index contributed by atoms with van der Waals surface area (Å²) in [5.74, 6) is 0.659. The molecule has 0 radical (unpaired) electrons. The zero-order valence-electron chi connectivity index (χ0n) is 23.8.